The van der Waals surface area contributed by atoms with Gasteiger partial charge in [0, 0.05) is 12.2 Å². The van der Waals surface area contributed by atoms with E-state index in [4.69, 9.17) is 5.11 Å². The molecule has 21 heavy (non-hydrogen) atoms. The van der Waals surface area contributed by atoms with Crippen LogP contribution in [0.2, 0.25) is 0 Å². The highest BCUT2D eigenvalue weighted by molar-refractivity contribution is 5.88. The molecular formula is C16H17FN2O2. The quantitative estimate of drug-likeness (QED) is 0.881. The Balaban J connectivity index is 2.21. The van der Waals surface area contributed by atoms with E-state index >= 15 is 0 Å². The first-order valence-electron chi connectivity index (χ1n) is 6.69. The minimum atomic E-state index is -0.992. The minimum absolute atomic E-state index is 0.124. The molecule has 0 saturated carbocycles. The second kappa shape index (κ2) is 6.35. The van der Waals surface area contributed by atoms with Crippen LogP contribution in [0.4, 0.5) is 10.2 Å². The molecule has 1 heterocycles. The summed E-state index contributed by atoms with van der Waals surface area (Å²) >= 11 is 0. The molecule has 0 saturated heterocycles. The third kappa shape index (κ3) is 4.02. The predicted molar refractivity (Wildman–Crippen MR) is 79.0 cm³/mol. The van der Waals surface area contributed by atoms with Crippen molar-refractivity contribution in [3.05, 3.63) is 59.0 Å². The lowest BCUT2D eigenvalue weighted by molar-refractivity contribution is 0.0696. The topological polar surface area (TPSA) is 62.2 Å². The van der Waals surface area contributed by atoms with Gasteiger partial charge in [0.2, 0.25) is 0 Å². The maximum atomic E-state index is 13.1. The maximum absolute atomic E-state index is 13.1. The Labute approximate surface area is 122 Å². The van der Waals surface area contributed by atoms with Crippen LogP contribution in [0.3, 0.4) is 0 Å². The number of nitrogens with zero attached hydrogens (tertiary/aromatic N) is 1. The molecule has 2 aromatic rings. The smallest absolute Gasteiger partial charge is 0.335 e. The number of benzene rings is 1. The van der Waals surface area contributed by atoms with Gasteiger partial charge in [0.15, 0.2) is 0 Å². The molecule has 0 amide bonds. The van der Waals surface area contributed by atoms with Gasteiger partial charge in [-0.3, -0.25) is 0 Å². The van der Waals surface area contributed by atoms with Crippen molar-refractivity contribution in [3.63, 3.8) is 0 Å². The standard InChI is InChI=1S/C16H17FN2O2/c1-10(2)14-7-12(16(20)21)8-15(19-14)18-9-11-4-3-5-13(17)6-11/h3-8,10H,9H2,1-2H3,(H,18,19)(H,20,21). The summed E-state index contributed by atoms with van der Waals surface area (Å²) in [6.07, 6.45) is 0. The fourth-order valence-electron chi connectivity index (χ4n) is 1.90. The average Bonchev–Trinajstić information content (AvgIpc) is 2.45. The highest BCUT2D eigenvalue weighted by atomic mass is 19.1. The zero-order valence-electron chi connectivity index (χ0n) is 11.9. The molecule has 0 unspecified atom stereocenters. The van der Waals surface area contributed by atoms with Gasteiger partial charge in [-0.2, -0.15) is 0 Å². The summed E-state index contributed by atoms with van der Waals surface area (Å²) in [4.78, 5) is 15.5. The van der Waals surface area contributed by atoms with E-state index in [-0.39, 0.29) is 17.3 Å². The van der Waals surface area contributed by atoms with Crippen molar-refractivity contribution in [1.29, 1.82) is 0 Å². The third-order valence-corrected chi connectivity index (χ3v) is 3.05. The Morgan fingerprint density at radius 1 is 1.33 bits per heavy atom. The molecule has 110 valence electrons. The van der Waals surface area contributed by atoms with E-state index in [1.165, 1.54) is 18.2 Å². The molecule has 2 rings (SSSR count). The first-order chi connectivity index (χ1) is 9.95. The molecule has 0 spiro atoms. The van der Waals surface area contributed by atoms with Gasteiger partial charge in [-0.15, -0.1) is 0 Å². The maximum Gasteiger partial charge on any atom is 0.335 e. The zero-order valence-corrected chi connectivity index (χ0v) is 11.9. The van der Waals surface area contributed by atoms with Crippen LogP contribution in [-0.4, -0.2) is 16.1 Å². The number of rotatable bonds is 5. The molecule has 0 aliphatic rings. The average molecular weight is 288 g/mol. The monoisotopic (exact) mass is 288 g/mol. The van der Waals surface area contributed by atoms with Gasteiger partial charge in [0.1, 0.15) is 11.6 Å². The van der Waals surface area contributed by atoms with Crippen LogP contribution < -0.4 is 5.32 Å². The summed E-state index contributed by atoms with van der Waals surface area (Å²) in [5.41, 5.74) is 1.66. The second-order valence-electron chi connectivity index (χ2n) is 5.11. The number of hydrogen-bond donors (Lipinski definition) is 2. The van der Waals surface area contributed by atoms with E-state index in [1.807, 2.05) is 13.8 Å². The zero-order chi connectivity index (χ0) is 15.4. The Morgan fingerprint density at radius 2 is 2.10 bits per heavy atom. The number of nitrogens with one attached hydrogen (secondary N) is 1. The summed E-state index contributed by atoms with van der Waals surface area (Å²) in [6, 6.07) is 9.28. The molecule has 0 radical (unpaired) electrons. The first kappa shape index (κ1) is 15.0. The van der Waals surface area contributed by atoms with Crippen LogP contribution in [0.25, 0.3) is 0 Å². The van der Waals surface area contributed by atoms with Gasteiger partial charge in [-0.1, -0.05) is 26.0 Å². The van der Waals surface area contributed by atoms with Crippen LogP contribution >= 0.6 is 0 Å². The van der Waals surface area contributed by atoms with Crippen molar-refractivity contribution in [3.8, 4) is 0 Å². The summed E-state index contributed by atoms with van der Waals surface area (Å²) in [7, 11) is 0. The molecule has 0 aliphatic carbocycles. The number of pyridine rings is 1. The highest BCUT2D eigenvalue weighted by Crippen LogP contribution is 2.18. The number of carboxylic acid groups (broad SMARTS) is 1. The molecule has 5 heteroatoms. The van der Waals surface area contributed by atoms with Crippen molar-refractivity contribution < 1.29 is 14.3 Å². The van der Waals surface area contributed by atoms with Crippen LogP contribution in [0.1, 0.15) is 41.4 Å². The van der Waals surface area contributed by atoms with Gasteiger partial charge < -0.3 is 10.4 Å². The SMILES string of the molecule is CC(C)c1cc(C(=O)O)cc(NCc2cccc(F)c2)n1. The lowest BCUT2D eigenvalue weighted by atomic mass is 10.1. The highest BCUT2D eigenvalue weighted by Gasteiger charge is 2.10. The number of carbonyl (C=O) groups is 1. The third-order valence-electron chi connectivity index (χ3n) is 3.05. The number of hydrogen-bond acceptors (Lipinski definition) is 3. The Morgan fingerprint density at radius 3 is 2.71 bits per heavy atom. The van der Waals surface area contributed by atoms with Crippen molar-refractivity contribution in [1.82, 2.24) is 4.98 Å². The summed E-state index contributed by atoms with van der Waals surface area (Å²) in [5.74, 6) is -0.695. The number of aromatic carboxylic acids is 1. The van der Waals surface area contributed by atoms with Crippen LogP contribution in [0.5, 0.6) is 0 Å². The lowest BCUT2D eigenvalue weighted by Gasteiger charge is -2.11. The van der Waals surface area contributed by atoms with Gasteiger partial charge >= 0.3 is 5.97 Å². The van der Waals surface area contributed by atoms with Gasteiger partial charge in [0.05, 0.1) is 5.56 Å². The van der Waals surface area contributed by atoms with E-state index in [9.17, 15) is 9.18 Å². The van der Waals surface area contributed by atoms with E-state index in [1.54, 1.807) is 18.2 Å². The Bertz CT molecular complexity index is 656. The Hall–Kier alpha value is -2.43. The molecule has 4 nitrogen and oxygen atoms in total. The lowest BCUT2D eigenvalue weighted by Crippen LogP contribution is -2.07. The molecule has 2 N–H and O–H groups in total. The van der Waals surface area contributed by atoms with Crippen molar-refractivity contribution >= 4 is 11.8 Å². The largest absolute Gasteiger partial charge is 0.478 e. The number of carboxylic acids is 1. The van der Waals surface area contributed by atoms with Gasteiger partial charge in [-0.05, 0) is 35.7 Å². The van der Waals surface area contributed by atoms with Gasteiger partial charge in [-0.25, -0.2) is 14.2 Å². The predicted octanol–water partition coefficient (Wildman–Crippen LogP) is 3.65. The number of halogens is 1. The number of aromatic nitrogens is 1. The fourth-order valence-corrected chi connectivity index (χ4v) is 1.90. The Kier molecular flexibility index (Phi) is 4.52. The number of anilines is 1. The van der Waals surface area contributed by atoms with Crippen LogP contribution in [0.15, 0.2) is 36.4 Å². The van der Waals surface area contributed by atoms with Crippen molar-refractivity contribution in [2.45, 2.75) is 26.3 Å². The molecular weight excluding hydrogens is 271 g/mol. The summed E-state index contributed by atoms with van der Waals surface area (Å²) in [6.45, 7) is 4.28. The van der Waals surface area contributed by atoms with Gasteiger partial charge in [0.25, 0.3) is 0 Å². The summed E-state index contributed by atoms with van der Waals surface area (Å²) < 4.78 is 13.1. The normalized spacial score (nSPS) is 10.7. The molecule has 0 bridgehead atoms. The van der Waals surface area contributed by atoms with E-state index in [2.05, 4.69) is 10.3 Å². The summed E-state index contributed by atoms with van der Waals surface area (Å²) in [5, 5.41) is 12.2. The molecule has 0 atom stereocenters. The van der Waals surface area contributed by atoms with E-state index in [0.29, 0.717) is 18.1 Å². The molecule has 1 aromatic carbocycles. The van der Waals surface area contributed by atoms with Crippen LogP contribution in [0, 0.1) is 5.82 Å². The molecule has 0 fully saturated rings. The van der Waals surface area contributed by atoms with E-state index < -0.39 is 5.97 Å². The van der Waals surface area contributed by atoms with E-state index in [0.717, 1.165) is 5.56 Å². The van der Waals surface area contributed by atoms with Crippen LogP contribution in [-0.2, 0) is 6.54 Å². The fraction of sp³-hybridized carbons (Fsp3) is 0.250. The second-order valence-corrected chi connectivity index (χ2v) is 5.11. The van der Waals surface area contributed by atoms with Crippen molar-refractivity contribution in [2.24, 2.45) is 0 Å². The van der Waals surface area contributed by atoms with Crippen molar-refractivity contribution in [2.75, 3.05) is 5.32 Å². The molecule has 1 aromatic heterocycles. The molecule has 0 aliphatic heterocycles. The minimum Gasteiger partial charge on any atom is -0.478 e. The first-order valence-corrected chi connectivity index (χ1v) is 6.69.